The van der Waals surface area contributed by atoms with Crippen LogP contribution in [0.4, 0.5) is 5.69 Å². The monoisotopic (exact) mass is 236 g/mol. The number of carbonyl (C=O) groups is 1. The van der Waals surface area contributed by atoms with Gasteiger partial charge in [0.05, 0.1) is 11.8 Å². The van der Waals surface area contributed by atoms with Gasteiger partial charge in [0.1, 0.15) is 5.56 Å². The molecule has 92 valence electrons. The first-order valence-corrected chi connectivity index (χ1v) is 5.71. The SMILES string of the molecule is CC1OCCC1CNc1ccncc1C(=O)O. The summed E-state index contributed by atoms with van der Waals surface area (Å²) in [4.78, 5) is 14.8. The Hall–Kier alpha value is -1.62. The van der Waals surface area contributed by atoms with E-state index in [0.717, 1.165) is 19.6 Å². The summed E-state index contributed by atoms with van der Waals surface area (Å²) in [6.07, 6.45) is 4.20. The quantitative estimate of drug-likeness (QED) is 0.831. The van der Waals surface area contributed by atoms with Crippen molar-refractivity contribution in [2.45, 2.75) is 19.4 Å². The van der Waals surface area contributed by atoms with Crippen molar-refractivity contribution in [1.29, 1.82) is 0 Å². The van der Waals surface area contributed by atoms with E-state index in [9.17, 15) is 4.79 Å². The smallest absolute Gasteiger partial charge is 0.339 e. The second kappa shape index (κ2) is 5.14. The molecule has 1 aromatic rings. The Balaban J connectivity index is 2.01. The Bertz CT molecular complexity index is 408. The fraction of sp³-hybridized carbons (Fsp3) is 0.500. The Kier molecular flexibility index (Phi) is 3.58. The van der Waals surface area contributed by atoms with Gasteiger partial charge in [0, 0.05) is 31.5 Å². The van der Waals surface area contributed by atoms with E-state index in [4.69, 9.17) is 9.84 Å². The van der Waals surface area contributed by atoms with E-state index >= 15 is 0 Å². The van der Waals surface area contributed by atoms with Crippen LogP contribution in [0.15, 0.2) is 18.5 Å². The fourth-order valence-electron chi connectivity index (χ4n) is 2.00. The third-order valence-electron chi connectivity index (χ3n) is 3.14. The lowest BCUT2D eigenvalue weighted by atomic mass is 10.0. The molecule has 0 spiro atoms. The third-order valence-corrected chi connectivity index (χ3v) is 3.14. The molecule has 1 aliphatic rings. The second-order valence-corrected chi connectivity index (χ2v) is 4.23. The van der Waals surface area contributed by atoms with Gasteiger partial charge in [-0.25, -0.2) is 4.79 Å². The van der Waals surface area contributed by atoms with E-state index in [1.165, 1.54) is 6.20 Å². The molecule has 0 aromatic carbocycles. The number of hydrogen-bond acceptors (Lipinski definition) is 4. The van der Waals surface area contributed by atoms with Crippen molar-refractivity contribution in [3.63, 3.8) is 0 Å². The van der Waals surface area contributed by atoms with Crippen LogP contribution in [0.3, 0.4) is 0 Å². The maximum absolute atomic E-state index is 11.0. The lowest BCUT2D eigenvalue weighted by molar-refractivity contribution is 0.0697. The van der Waals surface area contributed by atoms with E-state index in [1.807, 2.05) is 6.92 Å². The summed E-state index contributed by atoms with van der Waals surface area (Å²) >= 11 is 0. The molecule has 0 aliphatic carbocycles. The molecule has 2 atom stereocenters. The highest BCUT2D eigenvalue weighted by atomic mass is 16.5. The summed E-state index contributed by atoms with van der Waals surface area (Å²) in [5, 5.41) is 12.2. The number of carboxylic acid groups (broad SMARTS) is 1. The molecule has 2 heterocycles. The number of hydrogen-bond donors (Lipinski definition) is 2. The minimum Gasteiger partial charge on any atom is -0.478 e. The molecule has 5 heteroatoms. The van der Waals surface area contributed by atoms with Gasteiger partial charge in [-0.3, -0.25) is 4.98 Å². The van der Waals surface area contributed by atoms with E-state index < -0.39 is 5.97 Å². The molecule has 0 saturated carbocycles. The van der Waals surface area contributed by atoms with Gasteiger partial charge in [-0.1, -0.05) is 0 Å². The van der Waals surface area contributed by atoms with E-state index in [-0.39, 0.29) is 11.7 Å². The molecule has 2 unspecified atom stereocenters. The Morgan fingerprint density at radius 1 is 1.71 bits per heavy atom. The zero-order valence-corrected chi connectivity index (χ0v) is 9.72. The topological polar surface area (TPSA) is 71.5 Å². The van der Waals surface area contributed by atoms with Gasteiger partial charge in [-0.05, 0) is 19.4 Å². The fourth-order valence-corrected chi connectivity index (χ4v) is 2.00. The van der Waals surface area contributed by atoms with Crippen LogP contribution in [0.5, 0.6) is 0 Å². The molecule has 1 aliphatic heterocycles. The van der Waals surface area contributed by atoms with Gasteiger partial charge in [-0.2, -0.15) is 0 Å². The van der Waals surface area contributed by atoms with Crippen LogP contribution in [0, 0.1) is 5.92 Å². The van der Waals surface area contributed by atoms with Crippen molar-refractivity contribution >= 4 is 11.7 Å². The van der Waals surface area contributed by atoms with Gasteiger partial charge in [0.2, 0.25) is 0 Å². The summed E-state index contributed by atoms with van der Waals surface area (Å²) in [6.45, 7) is 3.56. The summed E-state index contributed by atoms with van der Waals surface area (Å²) < 4.78 is 5.46. The van der Waals surface area contributed by atoms with Gasteiger partial charge in [0.15, 0.2) is 0 Å². The van der Waals surface area contributed by atoms with Gasteiger partial charge < -0.3 is 15.2 Å². The molecule has 17 heavy (non-hydrogen) atoms. The first kappa shape index (κ1) is 11.9. The predicted octanol–water partition coefficient (Wildman–Crippen LogP) is 1.62. The molecule has 1 aromatic heterocycles. The number of nitrogens with zero attached hydrogens (tertiary/aromatic N) is 1. The normalized spacial score (nSPS) is 23.6. The van der Waals surface area contributed by atoms with Crippen molar-refractivity contribution < 1.29 is 14.6 Å². The first-order chi connectivity index (χ1) is 8.18. The molecule has 2 N–H and O–H groups in total. The highest BCUT2D eigenvalue weighted by molar-refractivity contribution is 5.93. The minimum atomic E-state index is -0.962. The molecule has 0 amide bonds. The highest BCUT2D eigenvalue weighted by Crippen LogP contribution is 2.22. The molecular weight excluding hydrogens is 220 g/mol. The Labute approximate surface area is 99.8 Å². The van der Waals surface area contributed by atoms with Crippen molar-refractivity contribution in [3.05, 3.63) is 24.0 Å². The number of carboxylic acids is 1. The number of aromatic carboxylic acids is 1. The van der Waals surface area contributed by atoms with Crippen LogP contribution in [0.2, 0.25) is 0 Å². The third kappa shape index (κ3) is 2.74. The van der Waals surface area contributed by atoms with Crippen molar-refractivity contribution in [1.82, 2.24) is 4.98 Å². The van der Waals surface area contributed by atoms with Crippen LogP contribution < -0.4 is 5.32 Å². The van der Waals surface area contributed by atoms with E-state index in [0.29, 0.717) is 11.6 Å². The summed E-state index contributed by atoms with van der Waals surface area (Å²) in [7, 11) is 0. The second-order valence-electron chi connectivity index (χ2n) is 4.23. The van der Waals surface area contributed by atoms with Gasteiger partial charge >= 0.3 is 5.97 Å². The van der Waals surface area contributed by atoms with Crippen molar-refractivity contribution in [2.24, 2.45) is 5.92 Å². The number of anilines is 1. The number of pyridine rings is 1. The van der Waals surface area contributed by atoms with Crippen molar-refractivity contribution in [3.8, 4) is 0 Å². The Morgan fingerprint density at radius 3 is 3.18 bits per heavy atom. The standard InChI is InChI=1S/C12H16N2O3/c1-8-9(3-5-17-8)6-14-11-2-4-13-7-10(11)12(15)16/h2,4,7-9H,3,5-6H2,1H3,(H,13,14)(H,15,16). The lowest BCUT2D eigenvalue weighted by Crippen LogP contribution is -2.21. The number of nitrogens with one attached hydrogen (secondary N) is 1. The van der Waals surface area contributed by atoms with Crippen LogP contribution >= 0.6 is 0 Å². The van der Waals surface area contributed by atoms with Crippen molar-refractivity contribution in [2.75, 3.05) is 18.5 Å². The molecule has 2 rings (SSSR count). The molecule has 5 nitrogen and oxygen atoms in total. The molecule has 0 bridgehead atoms. The lowest BCUT2D eigenvalue weighted by Gasteiger charge is -2.16. The average molecular weight is 236 g/mol. The number of ether oxygens (including phenoxy) is 1. The number of rotatable bonds is 4. The largest absolute Gasteiger partial charge is 0.478 e. The number of aromatic nitrogens is 1. The summed E-state index contributed by atoms with van der Waals surface area (Å²) in [5.74, 6) is -0.527. The molecular formula is C12H16N2O3. The van der Waals surface area contributed by atoms with E-state index in [1.54, 1.807) is 12.3 Å². The van der Waals surface area contributed by atoms with Crippen LogP contribution in [-0.2, 0) is 4.74 Å². The Morgan fingerprint density at radius 2 is 2.53 bits per heavy atom. The van der Waals surface area contributed by atoms with E-state index in [2.05, 4.69) is 10.3 Å². The molecule has 1 fully saturated rings. The average Bonchev–Trinajstić information content (AvgIpc) is 2.72. The van der Waals surface area contributed by atoms with Crippen LogP contribution in [0.25, 0.3) is 0 Å². The minimum absolute atomic E-state index is 0.207. The molecule has 1 saturated heterocycles. The summed E-state index contributed by atoms with van der Waals surface area (Å²) in [5.41, 5.74) is 0.825. The zero-order valence-electron chi connectivity index (χ0n) is 9.72. The predicted molar refractivity (Wildman–Crippen MR) is 63.2 cm³/mol. The molecule has 0 radical (unpaired) electrons. The maximum atomic E-state index is 11.0. The maximum Gasteiger partial charge on any atom is 0.339 e. The zero-order chi connectivity index (χ0) is 12.3. The summed E-state index contributed by atoms with van der Waals surface area (Å²) in [6, 6.07) is 1.68. The van der Waals surface area contributed by atoms with Gasteiger partial charge in [0.25, 0.3) is 0 Å². The highest BCUT2D eigenvalue weighted by Gasteiger charge is 2.24. The van der Waals surface area contributed by atoms with Gasteiger partial charge in [-0.15, -0.1) is 0 Å². The van der Waals surface area contributed by atoms with Crippen LogP contribution in [-0.4, -0.2) is 35.3 Å². The van der Waals surface area contributed by atoms with Crippen LogP contribution in [0.1, 0.15) is 23.7 Å². The first-order valence-electron chi connectivity index (χ1n) is 5.71.